The predicted molar refractivity (Wildman–Crippen MR) is 167 cm³/mol. The second kappa shape index (κ2) is 13.4. The van der Waals surface area contributed by atoms with Gasteiger partial charge in [0.1, 0.15) is 5.82 Å². The molecule has 0 aliphatic carbocycles. The molecule has 7 nitrogen and oxygen atoms in total. The molecule has 3 heterocycles. The van der Waals surface area contributed by atoms with Crippen molar-refractivity contribution >= 4 is 74.6 Å². The van der Waals surface area contributed by atoms with Crippen LogP contribution >= 0.6 is 36.2 Å². The van der Waals surface area contributed by atoms with Crippen molar-refractivity contribution in [2.75, 3.05) is 25.5 Å². The topological polar surface area (TPSA) is 91.8 Å². The molecule has 1 amide bonds. The molecule has 5 rings (SSSR count). The van der Waals surface area contributed by atoms with Crippen LogP contribution in [0.25, 0.3) is 21.0 Å². The van der Waals surface area contributed by atoms with Crippen LogP contribution in [0.15, 0.2) is 42.5 Å². The predicted octanol–water partition coefficient (Wildman–Crippen LogP) is 6.41. The highest BCUT2D eigenvalue weighted by molar-refractivity contribution is 7.21. The van der Waals surface area contributed by atoms with Gasteiger partial charge in [-0.25, -0.2) is 4.98 Å². The zero-order valence-corrected chi connectivity index (χ0v) is 25.5. The molecular formula is C30H35Cl2N3O4S. The van der Waals surface area contributed by atoms with Gasteiger partial charge in [0.2, 0.25) is 0 Å². The summed E-state index contributed by atoms with van der Waals surface area (Å²) in [5.74, 6) is 0.138. The fourth-order valence-electron chi connectivity index (χ4n) is 5.24. The van der Waals surface area contributed by atoms with Gasteiger partial charge in [-0.1, -0.05) is 38.1 Å². The summed E-state index contributed by atoms with van der Waals surface area (Å²) in [6.45, 7) is 8.24. The molecule has 10 heteroatoms. The number of para-hydroxylation sites is 1. The number of hydrogen-bond donors (Lipinski definition) is 2. The van der Waals surface area contributed by atoms with Gasteiger partial charge in [0, 0.05) is 53.7 Å². The van der Waals surface area contributed by atoms with Gasteiger partial charge in [0.15, 0.2) is 5.78 Å². The van der Waals surface area contributed by atoms with E-state index >= 15 is 0 Å². The quantitative estimate of drug-likeness (QED) is 0.226. The molecule has 40 heavy (non-hydrogen) atoms. The number of likely N-dealkylation sites (tertiary alicyclic amines) is 1. The van der Waals surface area contributed by atoms with Gasteiger partial charge in [-0.15, -0.1) is 36.2 Å². The summed E-state index contributed by atoms with van der Waals surface area (Å²) in [4.78, 5) is 34.1. The van der Waals surface area contributed by atoms with Crippen LogP contribution in [-0.4, -0.2) is 53.0 Å². The maximum absolute atomic E-state index is 13.6. The second-order valence-corrected chi connectivity index (χ2v) is 11.3. The number of aromatic nitrogens is 1. The third-order valence-corrected chi connectivity index (χ3v) is 8.47. The molecule has 2 N–H and O–H groups in total. The van der Waals surface area contributed by atoms with E-state index in [4.69, 9.17) is 9.72 Å². The molecule has 1 fully saturated rings. The van der Waals surface area contributed by atoms with Crippen LogP contribution in [0, 0.1) is 12.8 Å². The average Bonchev–Trinajstić information content (AvgIpc) is 3.46. The number of halogens is 2. The summed E-state index contributed by atoms with van der Waals surface area (Å²) in [6.07, 6.45) is 0.471. The Morgan fingerprint density at radius 1 is 1.18 bits per heavy atom. The lowest BCUT2D eigenvalue weighted by atomic mass is 9.96. The maximum Gasteiger partial charge on any atom is 0.267 e. The summed E-state index contributed by atoms with van der Waals surface area (Å²) >= 11 is 1.35. The number of nitrogens with one attached hydrogen (secondary N) is 1. The van der Waals surface area contributed by atoms with Gasteiger partial charge >= 0.3 is 0 Å². The first-order chi connectivity index (χ1) is 18.3. The molecule has 0 spiro atoms. The summed E-state index contributed by atoms with van der Waals surface area (Å²) in [6, 6.07) is 13.6. The highest BCUT2D eigenvalue weighted by Crippen LogP contribution is 2.37. The van der Waals surface area contributed by atoms with Crippen LogP contribution in [0.3, 0.4) is 0 Å². The maximum atomic E-state index is 13.6. The minimum Gasteiger partial charge on any atom is -0.392 e. The minimum absolute atomic E-state index is 0. The summed E-state index contributed by atoms with van der Waals surface area (Å²) in [7, 11) is 1.64. The first kappa shape index (κ1) is 31.9. The monoisotopic (exact) mass is 603 g/mol. The second-order valence-electron chi connectivity index (χ2n) is 10.3. The summed E-state index contributed by atoms with van der Waals surface area (Å²) in [5, 5.41) is 14.9. The molecular weight excluding hydrogens is 569 g/mol. The van der Waals surface area contributed by atoms with Crippen molar-refractivity contribution in [1.82, 2.24) is 9.88 Å². The number of β-amino-alcohol motifs (C(OH)–C–C–N with tert-alkyl or cyclic N) is 1. The van der Waals surface area contributed by atoms with E-state index < -0.39 is 0 Å². The van der Waals surface area contributed by atoms with E-state index in [0.29, 0.717) is 36.0 Å². The van der Waals surface area contributed by atoms with Crippen molar-refractivity contribution in [2.45, 2.75) is 46.4 Å². The Morgan fingerprint density at radius 3 is 2.60 bits per heavy atom. The number of pyridine rings is 1. The first-order valence-corrected chi connectivity index (χ1v) is 13.8. The van der Waals surface area contributed by atoms with E-state index in [1.807, 2.05) is 63.2 Å². The van der Waals surface area contributed by atoms with Crippen LogP contribution in [0.1, 0.15) is 57.0 Å². The largest absolute Gasteiger partial charge is 0.392 e. The van der Waals surface area contributed by atoms with Gasteiger partial charge in [0.25, 0.3) is 5.91 Å². The summed E-state index contributed by atoms with van der Waals surface area (Å²) < 4.78 is 6.23. The molecule has 2 aromatic heterocycles. The number of aliphatic hydroxyl groups is 1. The number of aryl methyl sites for hydroxylation is 1. The van der Waals surface area contributed by atoms with E-state index in [1.165, 1.54) is 11.3 Å². The minimum atomic E-state index is -0.298. The third-order valence-electron chi connectivity index (χ3n) is 7.14. The van der Waals surface area contributed by atoms with Gasteiger partial charge < -0.3 is 15.2 Å². The number of benzene rings is 2. The number of carbonyl (C=O) groups excluding carboxylic acids is 2. The lowest BCUT2D eigenvalue weighted by Crippen LogP contribution is -2.22. The van der Waals surface area contributed by atoms with Crippen LogP contribution in [0.4, 0.5) is 5.82 Å². The normalized spacial score (nSPS) is 15.3. The van der Waals surface area contributed by atoms with Crippen molar-refractivity contribution in [3.05, 3.63) is 69.6 Å². The van der Waals surface area contributed by atoms with Crippen LogP contribution in [0.2, 0.25) is 0 Å². The van der Waals surface area contributed by atoms with Crippen LogP contribution in [-0.2, 0) is 17.9 Å². The van der Waals surface area contributed by atoms with Gasteiger partial charge in [-0.05, 0) is 48.2 Å². The smallest absolute Gasteiger partial charge is 0.267 e. The molecule has 0 saturated carbocycles. The molecule has 1 aliphatic heterocycles. The number of nitrogens with zero attached hydrogens (tertiary/aromatic N) is 2. The Balaban J connectivity index is 0.00000220. The molecule has 0 unspecified atom stereocenters. The molecule has 214 valence electrons. The molecule has 1 atom stereocenters. The van der Waals surface area contributed by atoms with Crippen molar-refractivity contribution in [3.63, 3.8) is 0 Å². The summed E-state index contributed by atoms with van der Waals surface area (Å²) in [5.41, 5.74) is 4.29. The molecule has 1 saturated heterocycles. The molecule has 1 aliphatic rings. The number of aliphatic hydroxyl groups excluding tert-OH is 1. The van der Waals surface area contributed by atoms with E-state index in [2.05, 4.69) is 10.2 Å². The Labute approximate surface area is 250 Å². The fraction of sp³-hybridized carbons (Fsp3) is 0.367. The van der Waals surface area contributed by atoms with Crippen molar-refractivity contribution < 1.29 is 19.4 Å². The number of ether oxygens (including phenoxy) is 1. The van der Waals surface area contributed by atoms with Crippen molar-refractivity contribution in [3.8, 4) is 0 Å². The lowest BCUT2D eigenvalue weighted by molar-refractivity contribution is 0.0940. The molecule has 4 aromatic rings. The van der Waals surface area contributed by atoms with E-state index in [0.717, 1.165) is 50.6 Å². The molecule has 0 bridgehead atoms. The number of hydrogen-bond acceptors (Lipinski definition) is 7. The molecule has 0 radical (unpaired) electrons. The number of carbonyl (C=O) groups is 2. The zero-order chi connectivity index (χ0) is 27.0. The number of amides is 1. The number of rotatable bonds is 8. The van der Waals surface area contributed by atoms with Crippen molar-refractivity contribution in [2.24, 2.45) is 5.92 Å². The van der Waals surface area contributed by atoms with E-state index in [1.54, 1.807) is 7.11 Å². The van der Waals surface area contributed by atoms with E-state index in [9.17, 15) is 14.7 Å². The third kappa shape index (κ3) is 6.33. The van der Waals surface area contributed by atoms with Gasteiger partial charge in [-0.3, -0.25) is 14.5 Å². The Bertz CT molecular complexity index is 1540. The van der Waals surface area contributed by atoms with Crippen LogP contribution < -0.4 is 5.32 Å². The number of ketones is 1. The Kier molecular flexibility index (Phi) is 10.7. The number of fused-ring (bicyclic) bond motifs is 2. The Hall–Kier alpha value is -2.59. The zero-order valence-electron chi connectivity index (χ0n) is 23.0. The van der Waals surface area contributed by atoms with E-state index in [-0.39, 0.29) is 48.5 Å². The number of anilines is 1. The number of methoxy groups -OCH3 is 1. The lowest BCUT2D eigenvalue weighted by Gasteiger charge is -2.17. The number of Topliss-reactive ketones (excluding diaryl/α,β-unsaturated/α-hetero) is 1. The fourth-order valence-corrected chi connectivity index (χ4v) is 6.51. The number of thiophene rings is 1. The average molecular weight is 605 g/mol. The van der Waals surface area contributed by atoms with Crippen LogP contribution in [0.5, 0.6) is 0 Å². The Morgan fingerprint density at radius 2 is 1.93 bits per heavy atom. The van der Waals surface area contributed by atoms with Crippen molar-refractivity contribution in [1.29, 1.82) is 0 Å². The highest BCUT2D eigenvalue weighted by atomic mass is 35.5. The SMILES string of the molecule is COCc1ccc(C(=O)C(C)C)c2sc(C(=O)Nc3cc(CN4CC[C@@H](O)C4)c4ccccc4n3)c(C)c12.Cl.Cl. The first-order valence-electron chi connectivity index (χ1n) is 12.9. The van der Waals surface area contributed by atoms with Gasteiger partial charge in [0.05, 0.1) is 23.1 Å². The van der Waals surface area contributed by atoms with Gasteiger partial charge in [-0.2, -0.15) is 0 Å². The highest BCUT2D eigenvalue weighted by Gasteiger charge is 2.25. The molecule has 2 aromatic carbocycles. The standard InChI is InChI=1S/C30H33N3O4S.2ClH/c1-17(2)27(35)23-10-9-19(16-37-4)26-18(3)28(38-29(23)26)30(36)32-25-13-20(14-33-12-11-21(34)15-33)22-7-5-6-8-24(22)31-25;;/h5-10,13,17,21,34H,11-12,14-16H2,1-4H3,(H,31,32,36);2*1H/t21-;;/m1../s1.